The molecule has 1 saturated carbocycles. The van der Waals surface area contributed by atoms with E-state index < -0.39 is 0 Å². The summed E-state index contributed by atoms with van der Waals surface area (Å²) >= 11 is 0. The minimum Gasteiger partial charge on any atom is -0.422 e. The van der Waals surface area contributed by atoms with Crippen molar-refractivity contribution in [2.45, 2.75) is 18.9 Å². The molecule has 1 N–H and O–H groups in total. The van der Waals surface area contributed by atoms with Crippen molar-refractivity contribution >= 4 is 17.1 Å². The van der Waals surface area contributed by atoms with Gasteiger partial charge in [0.1, 0.15) is 5.52 Å². The van der Waals surface area contributed by atoms with Gasteiger partial charge in [0, 0.05) is 12.2 Å². The van der Waals surface area contributed by atoms with Crippen LogP contribution in [0.15, 0.2) is 22.9 Å². The number of hydrogen-bond acceptors (Lipinski definition) is 4. The van der Waals surface area contributed by atoms with Gasteiger partial charge in [-0.25, -0.2) is 0 Å². The summed E-state index contributed by atoms with van der Waals surface area (Å²) in [5.74, 6) is 0. The molecule has 1 fully saturated rings. The first-order valence-electron chi connectivity index (χ1n) is 4.39. The molecule has 0 spiro atoms. The molecule has 2 heterocycles. The SMILES string of the molecule is c1cc2nc(NC3CC3)oc2cn1. The highest BCUT2D eigenvalue weighted by Crippen LogP contribution is 2.25. The minimum absolute atomic E-state index is 0.570. The fourth-order valence-electron chi connectivity index (χ4n) is 1.24. The van der Waals surface area contributed by atoms with Gasteiger partial charge < -0.3 is 9.73 Å². The fourth-order valence-corrected chi connectivity index (χ4v) is 1.24. The maximum atomic E-state index is 5.43. The average molecular weight is 175 g/mol. The highest BCUT2D eigenvalue weighted by atomic mass is 16.4. The molecule has 2 aromatic heterocycles. The number of oxazole rings is 1. The Morgan fingerprint density at radius 1 is 1.46 bits per heavy atom. The van der Waals surface area contributed by atoms with Gasteiger partial charge in [-0.3, -0.25) is 4.98 Å². The van der Waals surface area contributed by atoms with Crippen LogP contribution in [0.4, 0.5) is 6.01 Å². The third-order valence-corrected chi connectivity index (χ3v) is 2.10. The monoisotopic (exact) mass is 175 g/mol. The van der Waals surface area contributed by atoms with Crippen LogP contribution in [0.25, 0.3) is 11.1 Å². The molecule has 3 rings (SSSR count). The van der Waals surface area contributed by atoms with E-state index >= 15 is 0 Å². The minimum atomic E-state index is 0.570. The Bertz CT molecular complexity index is 400. The van der Waals surface area contributed by atoms with E-state index in [1.807, 2.05) is 6.07 Å². The predicted octanol–water partition coefficient (Wildman–Crippen LogP) is 1.80. The van der Waals surface area contributed by atoms with Crippen molar-refractivity contribution in [3.8, 4) is 0 Å². The van der Waals surface area contributed by atoms with Crippen LogP contribution in [0.3, 0.4) is 0 Å². The average Bonchev–Trinajstić information content (AvgIpc) is 2.85. The molecule has 0 bridgehead atoms. The van der Waals surface area contributed by atoms with Crippen molar-refractivity contribution in [3.63, 3.8) is 0 Å². The molecule has 13 heavy (non-hydrogen) atoms. The van der Waals surface area contributed by atoms with E-state index in [0.29, 0.717) is 12.1 Å². The van der Waals surface area contributed by atoms with E-state index in [-0.39, 0.29) is 0 Å². The second kappa shape index (κ2) is 2.45. The van der Waals surface area contributed by atoms with E-state index in [2.05, 4.69) is 15.3 Å². The van der Waals surface area contributed by atoms with E-state index in [1.54, 1.807) is 12.4 Å². The molecule has 1 aliphatic carbocycles. The quantitative estimate of drug-likeness (QED) is 0.756. The van der Waals surface area contributed by atoms with Gasteiger partial charge in [-0.1, -0.05) is 0 Å². The van der Waals surface area contributed by atoms with Crippen LogP contribution in [0, 0.1) is 0 Å². The second-order valence-corrected chi connectivity index (χ2v) is 3.28. The van der Waals surface area contributed by atoms with Crippen molar-refractivity contribution < 1.29 is 4.42 Å². The molecule has 0 aliphatic heterocycles. The van der Waals surface area contributed by atoms with E-state index in [0.717, 1.165) is 11.1 Å². The summed E-state index contributed by atoms with van der Waals surface area (Å²) in [6, 6.07) is 3.03. The van der Waals surface area contributed by atoms with Crippen molar-refractivity contribution in [2.75, 3.05) is 5.32 Å². The highest BCUT2D eigenvalue weighted by molar-refractivity contribution is 5.72. The summed E-state index contributed by atoms with van der Waals surface area (Å²) in [6.07, 6.45) is 5.83. The van der Waals surface area contributed by atoms with Crippen molar-refractivity contribution in [2.24, 2.45) is 0 Å². The maximum absolute atomic E-state index is 5.43. The number of rotatable bonds is 2. The standard InChI is InChI=1S/C9H9N3O/c1-2-6(1)11-9-12-7-3-4-10-5-8(7)13-9/h3-6H,1-2H2,(H,11,12). The zero-order chi connectivity index (χ0) is 8.67. The number of aromatic nitrogens is 2. The smallest absolute Gasteiger partial charge is 0.295 e. The molecule has 4 heteroatoms. The summed E-state index contributed by atoms with van der Waals surface area (Å²) in [4.78, 5) is 8.23. The molecule has 0 radical (unpaired) electrons. The van der Waals surface area contributed by atoms with Crippen LogP contribution in [0.2, 0.25) is 0 Å². The van der Waals surface area contributed by atoms with Gasteiger partial charge in [-0.2, -0.15) is 4.98 Å². The topological polar surface area (TPSA) is 51.0 Å². The molecule has 2 aromatic rings. The summed E-state index contributed by atoms with van der Waals surface area (Å²) in [5, 5.41) is 3.20. The molecule has 0 saturated heterocycles. The Labute approximate surface area is 75.0 Å². The molecule has 4 nitrogen and oxygen atoms in total. The van der Waals surface area contributed by atoms with Gasteiger partial charge in [0.05, 0.1) is 6.20 Å². The first kappa shape index (κ1) is 6.88. The number of anilines is 1. The van der Waals surface area contributed by atoms with Gasteiger partial charge in [0.25, 0.3) is 6.01 Å². The number of nitrogens with zero attached hydrogens (tertiary/aromatic N) is 2. The van der Waals surface area contributed by atoms with Gasteiger partial charge in [-0.05, 0) is 18.9 Å². The second-order valence-electron chi connectivity index (χ2n) is 3.28. The molecule has 66 valence electrons. The number of pyridine rings is 1. The molecule has 0 atom stereocenters. The molecule has 0 amide bonds. The largest absolute Gasteiger partial charge is 0.422 e. The lowest BCUT2D eigenvalue weighted by molar-refractivity contribution is 0.613. The summed E-state index contributed by atoms with van der Waals surface area (Å²) < 4.78 is 5.43. The zero-order valence-electron chi connectivity index (χ0n) is 7.03. The van der Waals surface area contributed by atoms with Crippen LogP contribution < -0.4 is 5.32 Å². The zero-order valence-corrected chi connectivity index (χ0v) is 7.03. The molecular formula is C9H9N3O. The normalized spacial score (nSPS) is 16.3. The lowest BCUT2D eigenvalue weighted by Crippen LogP contribution is -1.99. The van der Waals surface area contributed by atoms with E-state index in [9.17, 15) is 0 Å². The van der Waals surface area contributed by atoms with Crippen LogP contribution in [-0.2, 0) is 0 Å². The fraction of sp³-hybridized carbons (Fsp3) is 0.333. The lowest BCUT2D eigenvalue weighted by atomic mass is 10.4. The number of hydrogen-bond donors (Lipinski definition) is 1. The van der Waals surface area contributed by atoms with Crippen LogP contribution >= 0.6 is 0 Å². The number of fused-ring (bicyclic) bond motifs is 1. The van der Waals surface area contributed by atoms with E-state index in [4.69, 9.17) is 4.42 Å². The van der Waals surface area contributed by atoms with E-state index in [1.165, 1.54) is 12.8 Å². The molecule has 0 aromatic carbocycles. The van der Waals surface area contributed by atoms with Crippen molar-refractivity contribution in [1.82, 2.24) is 9.97 Å². The third-order valence-electron chi connectivity index (χ3n) is 2.10. The Balaban J connectivity index is 2.00. The van der Waals surface area contributed by atoms with Gasteiger partial charge >= 0.3 is 0 Å². The summed E-state index contributed by atoms with van der Waals surface area (Å²) in [7, 11) is 0. The molecule has 1 aliphatic rings. The molecule has 0 unspecified atom stereocenters. The van der Waals surface area contributed by atoms with Gasteiger partial charge in [-0.15, -0.1) is 0 Å². The maximum Gasteiger partial charge on any atom is 0.295 e. The summed E-state index contributed by atoms with van der Waals surface area (Å²) in [5.41, 5.74) is 1.60. The van der Waals surface area contributed by atoms with Crippen molar-refractivity contribution in [3.05, 3.63) is 18.5 Å². The third kappa shape index (κ3) is 1.24. The van der Waals surface area contributed by atoms with Crippen LogP contribution in [0.1, 0.15) is 12.8 Å². The Morgan fingerprint density at radius 2 is 2.38 bits per heavy atom. The predicted molar refractivity (Wildman–Crippen MR) is 48.4 cm³/mol. The summed E-state index contributed by atoms with van der Waals surface area (Å²) in [6.45, 7) is 0. The Kier molecular flexibility index (Phi) is 1.30. The highest BCUT2D eigenvalue weighted by Gasteiger charge is 2.22. The van der Waals surface area contributed by atoms with Gasteiger partial charge in [0.2, 0.25) is 0 Å². The van der Waals surface area contributed by atoms with Crippen LogP contribution in [-0.4, -0.2) is 16.0 Å². The van der Waals surface area contributed by atoms with Crippen molar-refractivity contribution in [1.29, 1.82) is 0 Å². The first-order valence-corrected chi connectivity index (χ1v) is 4.39. The van der Waals surface area contributed by atoms with Gasteiger partial charge in [0.15, 0.2) is 5.58 Å². The first-order chi connectivity index (χ1) is 6.42. The Morgan fingerprint density at radius 3 is 3.15 bits per heavy atom. The number of nitrogens with one attached hydrogen (secondary N) is 1. The molecular weight excluding hydrogens is 166 g/mol. The van der Waals surface area contributed by atoms with Crippen LogP contribution in [0.5, 0.6) is 0 Å². The lowest BCUT2D eigenvalue weighted by Gasteiger charge is -1.93. The Hall–Kier alpha value is -1.58.